The number of imidazole rings is 1. The largest absolute Gasteiger partial charge is 0.344 e. The third-order valence-corrected chi connectivity index (χ3v) is 7.71. The van der Waals surface area contributed by atoms with Crippen molar-refractivity contribution in [1.29, 1.82) is 0 Å². The first-order chi connectivity index (χ1) is 15.1. The molecule has 0 saturated carbocycles. The van der Waals surface area contributed by atoms with E-state index < -0.39 is 0 Å². The number of fused-ring (bicyclic) bond motifs is 5. The van der Waals surface area contributed by atoms with Crippen LogP contribution in [-0.2, 0) is 16.1 Å². The number of hydrogen-bond acceptors (Lipinski definition) is 4. The molecule has 0 N–H and O–H groups in total. The van der Waals surface area contributed by atoms with E-state index in [9.17, 15) is 9.59 Å². The van der Waals surface area contributed by atoms with Gasteiger partial charge in [-0.15, -0.1) is 0 Å². The minimum absolute atomic E-state index is 0.119. The first kappa shape index (κ1) is 20.5. The van der Waals surface area contributed by atoms with Crippen molar-refractivity contribution < 1.29 is 9.59 Å². The summed E-state index contributed by atoms with van der Waals surface area (Å²) in [6.07, 6.45) is 5.56. The van der Waals surface area contributed by atoms with Crippen molar-refractivity contribution in [3.05, 3.63) is 30.6 Å². The molecule has 7 heteroatoms. The van der Waals surface area contributed by atoms with E-state index in [0.29, 0.717) is 18.9 Å². The van der Waals surface area contributed by atoms with Crippen LogP contribution in [0.2, 0.25) is 0 Å². The van der Waals surface area contributed by atoms with Crippen LogP contribution in [0.25, 0.3) is 11.0 Å². The Hall–Kier alpha value is -2.41. The molecule has 3 aliphatic rings. The predicted molar refractivity (Wildman–Crippen MR) is 119 cm³/mol. The standard InChI is InChI=1S/C24H33N5O2/c1-3-26(2)24(31)23-18-13-17(20-9-6-10-22(30)29(20)23)14-27(15-18)11-12-28-16-25-19-7-4-5-8-21(19)28/h4-5,7-8,16-18,20,23H,3,6,9-15H2,1-2H3/t17-,18+,20-,23+/m0/s1. The summed E-state index contributed by atoms with van der Waals surface area (Å²) in [7, 11) is 1.86. The van der Waals surface area contributed by atoms with Crippen molar-refractivity contribution in [2.75, 3.05) is 33.2 Å². The molecule has 1 aromatic carbocycles. The molecule has 4 atom stereocenters. The molecule has 31 heavy (non-hydrogen) atoms. The maximum Gasteiger partial charge on any atom is 0.245 e. The second kappa shape index (κ2) is 8.26. The minimum atomic E-state index is -0.295. The zero-order chi connectivity index (χ0) is 21.5. The summed E-state index contributed by atoms with van der Waals surface area (Å²) in [6.45, 7) is 6.41. The van der Waals surface area contributed by atoms with Gasteiger partial charge in [0.1, 0.15) is 6.04 Å². The summed E-state index contributed by atoms with van der Waals surface area (Å²) in [5.74, 6) is 0.998. The number of aromatic nitrogens is 2. The molecule has 0 radical (unpaired) electrons. The minimum Gasteiger partial charge on any atom is -0.344 e. The fourth-order valence-corrected chi connectivity index (χ4v) is 6.07. The van der Waals surface area contributed by atoms with Crippen LogP contribution in [0.1, 0.15) is 32.6 Å². The summed E-state index contributed by atoms with van der Waals surface area (Å²) < 4.78 is 2.23. The molecule has 3 aliphatic heterocycles. The van der Waals surface area contributed by atoms with E-state index in [0.717, 1.165) is 51.0 Å². The number of benzene rings is 1. The first-order valence-electron chi connectivity index (χ1n) is 11.7. The Morgan fingerprint density at radius 3 is 2.84 bits per heavy atom. The maximum absolute atomic E-state index is 13.3. The third kappa shape index (κ3) is 3.63. The molecule has 2 aromatic rings. The topological polar surface area (TPSA) is 61.7 Å². The van der Waals surface area contributed by atoms with Gasteiger partial charge in [0.25, 0.3) is 0 Å². The molecule has 0 spiro atoms. The van der Waals surface area contributed by atoms with E-state index in [-0.39, 0.29) is 29.8 Å². The second-order valence-corrected chi connectivity index (χ2v) is 9.50. The summed E-state index contributed by atoms with van der Waals surface area (Å²) in [5, 5.41) is 0. The molecular formula is C24H33N5O2. The molecule has 4 heterocycles. The average molecular weight is 424 g/mol. The van der Waals surface area contributed by atoms with Gasteiger partial charge in [0, 0.05) is 58.2 Å². The van der Waals surface area contributed by atoms with Crippen LogP contribution in [0.15, 0.2) is 30.6 Å². The number of likely N-dealkylation sites (N-methyl/N-ethyl adjacent to an activating group) is 1. The zero-order valence-corrected chi connectivity index (χ0v) is 18.6. The monoisotopic (exact) mass is 423 g/mol. The Morgan fingerprint density at radius 1 is 1.19 bits per heavy atom. The van der Waals surface area contributed by atoms with Gasteiger partial charge in [-0.3, -0.25) is 9.59 Å². The molecule has 2 bridgehead atoms. The van der Waals surface area contributed by atoms with Crippen molar-refractivity contribution in [2.24, 2.45) is 11.8 Å². The van der Waals surface area contributed by atoms with Crippen LogP contribution in [-0.4, -0.2) is 81.4 Å². The van der Waals surface area contributed by atoms with Gasteiger partial charge in [-0.1, -0.05) is 12.1 Å². The van der Waals surface area contributed by atoms with Crippen molar-refractivity contribution in [3.63, 3.8) is 0 Å². The van der Waals surface area contributed by atoms with Crippen LogP contribution >= 0.6 is 0 Å². The SMILES string of the molecule is CCN(C)C(=O)[C@H]1[C@@H]2C[C@@H](CN(CCn3cnc4ccccc43)C2)[C@@H]2CCCC(=O)N21. The molecule has 5 rings (SSSR count). The Balaban J connectivity index is 1.35. The van der Waals surface area contributed by atoms with E-state index in [1.54, 1.807) is 4.90 Å². The molecule has 3 fully saturated rings. The van der Waals surface area contributed by atoms with Crippen LogP contribution in [0, 0.1) is 11.8 Å². The molecular weight excluding hydrogens is 390 g/mol. The fraction of sp³-hybridized carbons (Fsp3) is 0.625. The van der Waals surface area contributed by atoms with Crippen molar-refractivity contribution in [3.8, 4) is 0 Å². The molecule has 166 valence electrons. The van der Waals surface area contributed by atoms with Gasteiger partial charge >= 0.3 is 0 Å². The summed E-state index contributed by atoms with van der Waals surface area (Å²) in [5.41, 5.74) is 2.20. The van der Waals surface area contributed by atoms with E-state index in [2.05, 4.69) is 26.6 Å². The lowest BCUT2D eigenvalue weighted by Gasteiger charge is -2.56. The van der Waals surface area contributed by atoms with Crippen LogP contribution in [0.5, 0.6) is 0 Å². The van der Waals surface area contributed by atoms with Crippen LogP contribution in [0.4, 0.5) is 0 Å². The number of carbonyl (C=O) groups is 2. The van der Waals surface area contributed by atoms with Gasteiger partial charge in [-0.05, 0) is 44.2 Å². The number of hydrogen-bond donors (Lipinski definition) is 0. The number of likely N-dealkylation sites (tertiary alicyclic amines) is 1. The molecule has 3 saturated heterocycles. The lowest BCUT2D eigenvalue weighted by atomic mass is 9.71. The van der Waals surface area contributed by atoms with Gasteiger partial charge in [-0.25, -0.2) is 4.98 Å². The highest BCUT2D eigenvalue weighted by atomic mass is 16.2. The quantitative estimate of drug-likeness (QED) is 0.740. The summed E-state index contributed by atoms with van der Waals surface area (Å²) >= 11 is 0. The number of para-hydroxylation sites is 2. The average Bonchev–Trinajstić information content (AvgIpc) is 3.21. The van der Waals surface area contributed by atoms with Gasteiger partial charge in [0.2, 0.25) is 11.8 Å². The lowest BCUT2D eigenvalue weighted by molar-refractivity contribution is -0.164. The Labute approximate surface area is 184 Å². The van der Waals surface area contributed by atoms with Crippen molar-refractivity contribution in [2.45, 2.75) is 51.2 Å². The van der Waals surface area contributed by atoms with E-state index >= 15 is 0 Å². The highest BCUT2D eigenvalue weighted by Gasteiger charge is 2.52. The summed E-state index contributed by atoms with van der Waals surface area (Å²) in [4.78, 5) is 37.1. The molecule has 0 aliphatic carbocycles. The third-order valence-electron chi connectivity index (χ3n) is 7.71. The number of piperidine rings is 3. The van der Waals surface area contributed by atoms with Crippen molar-refractivity contribution in [1.82, 2.24) is 24.3 Å². The smallest absolute Gasteiger partial charge is 0.245 e. The van der Waals surface area contributed by atoms with Gasteiger partial charge in [-0.2, -0.15) is 0 Å². The van der Waals surface area contributed by atoms with Gasteiger partial charge < -0.3 is 19.3 Å². The maximum atomic E-state index is 13.3. The number of amides is 2. The van der Waals surface area contributed by atoms with Gasteiger partial charge in [0.15, 0.2) is 0 Å². The van der Waals surface area contributed by atoms with Crippen LogP contribution in [0.3, 0.4) is 0 Å². The highest BCUT2D eigenvalue weighted by Crippen LogP contribution is 2.42. The van der Waals surface area contributed by atoms with E-state index in [1.807, 2.05) is 37.3 Å². The molecule has 2 amide bonds. The molecule has 7 nitrogen and oxygen atoms in total. The first-order valence-corrected chi connectivity index (χ1v) is 11.7. The number of nitrogens with zero attached hydrogens (tertiary/aromatic N) is 5. The molecule has 1 aromatic heterocycles. The normalized spacial score (nSPS) is 28.6. The second-order valence-electron chi connectivity index (χ2n) is 9.50. The zero-order valence-electron chi connectivity index (χ0n) is 18.6. The molecule has 0 unspecified atom stereocenters. The van der Waals surface area contributed by atoms with E-state index in [4.69, 9.17) is 0 Å². The Bertz CT molecular complexity index is 972. The summed E-state index contributed by atoms with van der Waals surface area (Å²) in [6, 6.07) is 8.17. The van der Waals surface area contributed by atoms with Crippen LogP contribution < -0.4 is 0 Å². The van der Waals surface area contributed by atoms with Gasteiger partial charge in [0.05, 0.1) is 17.4 Å². The fourth-order valence-electron chi connectivity index (χ4n) is 6.07. The Kier molecular flexibility index (Phi) is 5.46. The number of carbonyl (C=O) groups excluding carboxylic acids is 2. The Morgan fingerprint density at radius 2 is 2.00 bits per heavy atom. The predicted octanol–water partition coefficient (Wildman–Crippen LogP) is 2.22. The van der Waals surface area contributed by atoms with E-state index in [1.165, 1.54) is 5.52 Å². The lowest BCUT2D eigenvalue weighted by Crippen LogP contribution is -2.68. The van der Waals surface area contributed by atoms with Crippen molar-refractivity contribution >= 4 is 22.8 Å². The number of rotatable bonds is 5. The highest BCUT2D eigenvalue weighted by molar-refractivity contribution is 5.89.